The number of carbonyl (C=O) groups is 6. The Morgan fingerprint density at radius 1 is 0.894 bits per heavy atom. The number of nitrogens with zero attached hydrogens (tertiary/aromatic N) is 3. The summed E-state index contributed by atoms with van der Waals surface area (Å²) in [7, 11) is 1.54. The van der Waals surface area contributed by atoms with Gasteiger partial charge in [-0.25, -0.2) is 14.6 Å². The molecular weight excluding hydrogens is 914 g/mol. The summed E-state index contributed by atoms with van der Waals surface area (Å²) in [5.41, 5.74) is 7.81. The standard InChI is InChI=1S/C46H40ClN5O12S2/c1-25(53)61-34-19-16-30(20-35(34)62-26(2)54)40(45(58)63-39(28-10-6-4-7-11-28)29-12-8-5-9-13-29)64-51-36(33-24-66-46(48)49-33)41(55)50-37-42(56)52-38(31(21-47)23-65-43(37)52)44(57)60-22-27-14-17-32(59-3)18-15-27/h4-20,24,37,39-40,43H,21-23H2,1-3H3,(H2,48,49)(H,50,55)/t37-,40+,43-/m1/s1. The quantitative estimate of drug-likeness (QED) is 0.0272. The van der Waals surface area contributed by atoms with Crippen molar-refractivity contribution in [2.24, 2.45) is 5.16 Å². The van der Waals surface area contributed by atoms with Crippen LogP contribution in [0.5, 0.6) is 17.2 Å². The second-order valence-corrected chi connectivity index (χ2v) is 16.7. The van der Waals surface area contributed by atoms with E-state index in [0.29, 0.717) is 28.0 Å². The summed E-state index contributed by atoms with van der Waals surface area (Å²) >= 11 is 8.50. The molecule has 3 heterocycles. The second-order valence-electron chi connectivity index (χ2n) is 14.4. The van der Waals surface area contributed by atoms with Crippen LogP contribution < -0.4 is 25.3 Å². The average Bonchev–Trinajstić information content (AvgIpc) is 3.76. The molecule has 0 aliphatic carbocycles. The number of thiazole rings is 1. The van der Waals surface area contributed by atoms with Crippen LogP contribution in [0.1, 0.15) is 54.0 Å². The fourth-order valence-corrected chi connectivity index (χ4v) is 9.02. The van der Waals surface area contributed by atoms with Crippen molar-refractivity contribution in [3.05, 3.63) is 148 Å². The molecule has 0 spiro atoms. The molecule has 2 aliphatic heterocycles. The molecule has 1 fully saturated rings. The lowest BCUT2D eigenvalue weighted by atomic mass is 10.0. The highest BCUT2D eigenvalue weighted by Gasteiger charge is 2.54. The molecule has 2 amide bonds. The number of carbonyl (C=O) groups excluding carboxylic acids is 6. The van der Waals surface area contributed by atoms with Crippen molar-refractivity contribution in [2.75, 3.05) is 24.5 Å². The molecule has 3 atom stereocenters. The van der Waals surface area contributed by atoms with Gasteiger partial charge in [0.15, 0.2) is 28.4 Å². The Bertz CT molecular complexity index is 2660. The first-order valence-corrected chi connectivity index (χ1v) is 22.4. The largest absolute Gasteiger partial charge is 0.497 e. The molecule has 2 aliphatic rings. The summed E-state index contributed by atoms with van der Waals surface area (Å²) in [6.07, 6.45) is -2.73. The van der Waals surface area contributed by atoms with Crippen molar-refractivity contribution in [3.8, 4) is 17.2 Å². The summed E-state index contributed by atoms with van der Waals surface area (Å²) in [5.74, 6) is -4.36. The van der Waals surface area contributed by atoms with E-state index < -0.39 is 65.0 Å². The average molecular weight is 954 g/mol. The first-order valence-electron chi connectivity index (χ1n) is 19.9. The van der Waals surface area contributed by atoms with E-state index in [1.807, 2.05) is 0 Å². The zero-order valence-corrected chi connectivity index (χ0v) is 37.7. The van der Waals surface area contributed by atoms with Crippen molar-refractivity contribution >= 4 is 81.2 Å². The smallest absolute Gasteiger partial charge is 0.355 e. The number of halogens is 1. The van der Waals surface area contributed by atoms with Gasteiger partial charge in [-0.15, -0.1) is 34.7 Å². The number of methoxy groups -OCH3 is 1. The highest BCUT2D eigenvalue weighted by atomic mass is 35.5. The van der Waals surface area contributed by atoms with Crippen LogP contribution in [0.4, 0.5) is 5.13 Å². The number of alkyl halides is 1. The number of nitrogen functional groups attached to an aromatic ring is 1. The van der Waals surface area contributed by atoms with Gasteiger partial charge < -0.3 is 39.6 Å². The van der Waals surface area contributed by atoms with E-state index >= 15 is 0 Å². The van der Waals surface area contributed by atoms with Crippen LogP contribution in [0.3, 0.4) is 0 Å². The maximum atomic E-state index is 14.5. The predicted molar refractivity (Wildman–Crippen MR) is 242 cm³/mol. The van der Waals surface area contributed by atoms with Gasteiger partial charge in [-0.1, -0.05) is 84.0 Å². The Morgan fingerprint density at radius 3 is 2.14 bits per heavy atom. The van der Waals surface area contributed by atoms with Crippen molar-refractivity contribution in [1.29, 1.82) is 0 Å². The van der Waals surface area contributed by atoms with Crippen LogP contribution in [-0.4, -0.2) is 81.4 Å². The van der Waals surface area contributed by atoms with E-state index in [4.69, 9.17) is 45.9 Å². The molecule has 17 nitrogen and oxygen atoms in total. The molecule has 0 radical (unpaired) electrons. The van der Waals surface area contributed by atoms with E-state index in [-0.39, 0.29) is 51.8 Å². The van der Waals surface area contributed by atoms with E-state index in [0.717, 1.165) is 25.2 Å². The Balaban J connectivity index is 1.18. The molecule has 1 saturated heterocycles. The molecule has 5 aromatic rings. The minimum Gasteiger partial charge on any atom is -0.497 e. The number of amides is 2. The SMILES string of the molecule is COc1ccc(COC(=O)C2=C(CCl)CS[C@@H]3[C@H](NC(=O)C(=NO[C@H](C(=O)OC(c4ccccc4)c4ccccc4)c4ccc(OC(C)=O)c(OC(C)=O)c4)c4csc(N)n4)C(=O)N23)cc1. The number of anilines is 1. The third-order valence-electron chi connectivity index (χ3n) is 9.88. The van der Waals surface area contributed by atoms with Gasteiger partial charge in [-0.05, 0) is 46.5 Å². The number of esters is 4. The van der Waals surface area contributed by atoms with Gasteiger partial charge in [0, 0.05) is 36.4 Å². The number of fused-ring (bicyclic) bond motifs is 1. The zero-order valence-electron chi connectivity index (χ0n) is 35.3. The lowest BCUT2D eigenvalue weighted by molar-refractivity contribution is -0.162. The van der Waals surface area contributed by atoms with Gasteiger partial charge in [-0.2, -0.15) is 0 Å². The minimum atomic E-state index is -1.78. The maximum Gasteiger partial charge on any atom is 0.355 e. The van der Waals surface area contributed by atoms with Gasteiger partial charge in [0.05, 0.1) is 7.11 Å². The monoisotopic (exact) mass is 953 g/mol. The van der Waals surface area contributed by atoms with Crippen molar-refractivity contribution in [1.82, 2.24) is 15.2 Å². The van der Waals surface area contributed by atoms with Crippen LogP contribution >= 0.6 is 34.7 Å². The highest BCUT2D eigenvalue weighted by molar-refractivity contribution is 8.00. The number of nitrogens with one attached hydrogen (secondary N) is 1. The van der Waals surface area contributed by atoms with E-state index in [1.54, 1.807) is 84.9 Å². The molecular formula is C46H40ClN5O12S2. The summed E-state index contributed by atoms with van der Waals surface area (Å²) in [6.45, 7) is 2.20. The highest BCUT2D eigenvalue weighted by Crippen LogP contribution is 2.41. The number of hydrogen-bond donors (Lipinski definition) is 2. The molecule has 0 unspecified atom stereocenters. The summed E-state index contributed by atoms with van der Waals surface area (Å²) in [5, 5.41) is 7.57. The van der Waals surface area contributed by atoms with Gasteiger partial charge in [0.2, 0.25) is 6.10 Å². The van der Waals surface area contributed by atoms with Crippen molar-refractivity contribution in [3.63, 3.8) is 0 Å². The lowest BCUT2D eigenvalue weighted by Gasteiger charge is -2.49. The topological polar surface area (TPSA) is 224 Å². The molecule has 4 aromatic carbocycles. The number of oxime groups is 1. The van der Waals surface area contributed by atoms with Crippen LogP contribution in [0.2, 0.25) is 0 Å². The molecule has 1 aromatic heterocycles. The van der Waals surface area contributed by atoms with Gasteiger partial charge in [0.25, 0.3) is 11.8 Å². The normalized spacial score (nSPS) is 16.0. The first kappa shape index (κ1) is 46.8. The Morgan fingerprint density at radius 2 is 1.55 bits per heavy atom. The lowest BCUT2D eigenvalue weighted by Crippen LogP contribution is -2.71. The summed E-state index contributed by atoms with van der Waals surface area (Å²) < 4.78 is 27.5. The number of hydrogen-bond acceptors (Lipinski definition) is 17. The number of ether oxygens (including phenoxy) is 5. The third kappa shape index (κ3) is 10.8. The fourth-order valence-electron chi connectivity index (χ4n) is 6.79. The fraction of sp³-hybridized carbons (Fsp3) is 0.217. The van der Waals surface area contributed by atoms with Crippen LogP contribution in [0.15, 0.2) is 125 Å². The van der Waals surface area contributed by atoms with E-state index in [1.165, 1.54) is 47.4 Å². The van der Waals surface area contributed by atoms with Gasteiger partial charge in [0.1, 0.15) is 35.2 Å². The molecule has 3 N–H and O–H groups in total. The number of β-lactam (4-membered cyclic amide) rings is 1. The number of aromatic nitrogens is 1. The zero-order chi connectivity index (χ0) is 46.9. The van der Waals surface area contributed by atoms with Crippen molar-refractivity contribution in [2.45, 2.75) is 44.1 Å². The second kappa shape index (κ2) is 21.2. The molecule has 7 rings (SSSR count). The molecule has 0 saturated carbocycles. The predicted octanol–water partition coefficient (Wildman–Crippen LogP) is 6.02. The molecule has 0 bridgehead atoms. The van der Waals surface area contributed by atoms with Crippen LogP contribution in [0, 0.1) is 0 Å². The maximum absolute atomic E-state index is 14.5. The number of thioether (sulfide) groups is 1. The van der Waals surface area contributed by atoms with E-state index in [2.05, 4.69) is 15.5 Å². The number of rotatable bonds is 17. The van der Waals surface area contributed by atoms with Crippen LogP contribution in [0.25, 0.3) is 0 Å². The van der Waals surface area contributed by atoms with Crippen LogP contribution in [-0.2, 0) is 49.7 Å². The molecule has 20 heteroatoms. The Hall–Kier alpha value is -7.22. The molecule has 340 valence electrons. The number of benzene rings is 4. The van der Waals surface area contributed by atoms with Crippen molar-refractivity contribution < 1.29 is 57.3 Å². The van der Waals surface area contributed by atoms with Gasteiger partial charge >= 0.3 is 23.9 Å². The Labute approximate surface area is 390 Å². The van der Waals surface area contributed by atoms with E-state index in [9.17, 15) is 28.8 Å². The molecule has 66 heavy (non-hydrogen) atoms. The third-order valence-corrected chi connectivity index (χ3v) is 12.2. The minimum absolute atomic E-state index is 0.00466. The van der Waals surface area contributed by atoms with Gasteiger partial charge in [-0.3, -0.25) is 24.1 Å². The Kier molecular flexibility index (Phi) is 15.0. The first-order chi connectivity index (χ1) is 31.8. The summed E-state index contributed by atoms with van der Waals surface area (Å²) in [4.78, 5) is 91.6. The summed E-state index contributed by atoms with van der Waals surface area (Å²) in [6, 6.07) is 27.4. The number of nitrogens with two attached hydrogens (primary N) is 1.